The number of hydrogen-bond donors (Lipinski definition) is 1. The largest absolute Gasteiger partial charge is 0.326 e. The van der Waals surface area contributed by atoms with Gasteiger partial charge in [0.15, 0.2) is 0 Å². The maximum absolute atomic E-state index is 6.27. The molecule has 0 saturated heterocycles. The second-order valence-corrected chi connectivity index (χ2v) is 8.07. The molecule has 0 aliphatic carbocycles. The van der Waals surface area contributed by atoms with Crippen molar-refractivity contribution in [3.05, 3.63) is 43.7 Å². The normalized spacial score (nSPS) is 14.9. The lowest BCUT2D eigenvalue weighted by molar-refractivity contribution is 0.131. The van der Waals surface area contributed by atoms with Crippen LogP contribution in [0, 0.1) is 0 Å². The van der Waals surface area contributed by atoms with Crippen molar-refractivity contribution in [2.45, 2.75) is 45.4 Å². The Morgan fingerprint density at radius 1 is 1.25 bits per heavy atom. The van der Waals surface area contributed by atoms with Crippen molar-refractivity contribution in [2.75, 3.05) is 0 Å². The Morgan fingerprint density at radius 3 is 2.45 bits per heavy atom. The monoisotopic (exact) mass is 328 g/mol. The minimum absolute atomic E-state index is 0.0621. The highest BCUT2D eigenvalue weighted by Gasteiger charge is 2.27. The molecular weight excluding hydrogens is 308 g/mol. The smallest absolute Gasteiger partial charge is 0.0931 e. The average Bonchev–Trinajstić information content (AvgIpc) is 2.99. The molecular formula is C15H21ClN2S2. The van der Waals surface area contributed by atoms with E-state index in [0.717, 1.165) is 10.9 Å². The molecule has 2 unspecified atom stereocenters. The van der Waals surface area contributed by atoms with Gasteiger partial charge in [-0.3, -0.25) is 4.90 Å². The molecule has 0 radical (unpaired) electrons. The maximum atomic E-state index is 6.27. The fourth-order valence-corrected chi connectivity index (χ4v) is 4.41. The summed E-state index contributed by atoms with van der Waals surface area (Å²) in [5.74, 6) is 0. The summed E-state index contributed by atoms with van der Waals surface area (Å²) in [7, 11) is 0. The number of nitrogens with two attached hydrogens (primary N) is 1. The molecule has 110 valence electrons. The summed E-state index contributed by atoms with van der Waals surface area (Å²) in [6, 6.07) is 9.03. The molecule has 2 aromatic heterocycles. The van der Waals surface area contributed by atoms with Gasteiger partial charge in [0.2, 0.25) is 0 Å². The Labute approximate surface area is 134 Å². The van der Waals surface area contributed by atoms with Crippen LogP contribution in [0.3, 0.4) is 0 Å². The second kappa shape index (κ2) is 7.05. The quantitative estimate of drug-likeness (QED) is 0.828. The molecule has 0 bridgehead atoms. The van der Waals surface area contributed by atoms with E-state index >= 15 is 0 Å². The van der Waals surface area contributed by atoms with Gasteiger partial charge in [0.05, 0.1) is 10.4 Å². The first-order chi connectivity index (χ1) is 9.49. The predicted molar refractivity (Wildman–Crippen MR) is 90.7 cm³/mol. The fourth-order valence-electron chi connectivity index (χ4n) is 2.40. The van der Waals surface area contributed by atoms with Crippen molar-refractivity contribution in [3.8, 4) is 0 Å². The third-order valence-electron chi connectivity index (χ3n) is 3.32. The SMILES string of the molecule is CC(N)C(c1ccc(Cl)s1)N(Cc1cccs1)C(C)C. The van der Waals surface area contributed by atoms with Crippen molar-refractivity contribution in [2.24, 2.45) is 5.73 Å². The van der Waals surface area contributed by atoms with Crippen molar-refractivity contribution >= 4 is 34.3 Å². The van der Waals surface area contributed by atoms with E-state index < -0.39 is 0 Å². The van der Waals surface area contributed by atoms with E-state index in [1.165, 1.54) is 9.75 Å². The first-order valence-corrected chi connectivity index (χ1v) is 8.85. The highest BCUT2D eigenvalue weighted by atomic mass is 35.5. The lowest BCUT2D eigenvalue weighted by Gasteiger charge is -2.36. The molecule has 2 atom stereocenters. The van der Waals surface area contributed by atoms with E-state index in [2.05, 4.69) is 49.3 Å². The Bertz CT molecular complexity index is 520. The lowest BCUT2D eigenvalue weighted by atomic mass is 10.0. The summed E-state index contributed by atoms with van der Waals surface area (Å²) in [5, 5.41) is 2.12. The minimum Gasteiger partial charge on any atom is -0.326 e. The Hall–Kier alpha value is -0.390. The van der Waals surface area contributed by atoms with E-state index in [1.807, 2.05) is 6.07 Å². The third-order valence-corrected chi connectivity index (χ3v) is 5.49. The number of thiophene rings is 2. The van der Waals surface area contributed by atoms with Crippen LogP contribution in [0.25, 0.3) is 0 Å². The van der Waals surface area contributed by atoms with Gasteiger partial charge in [-0.25, -0.2) is 0 Å². The van der Waals surface area contributed by atoms with Crippen molar-refractivity contribution in [1.29, 1.82) is 0 Å². The molecule has 0 spiro atoms. The molecule has 2 heterocycles. The summed E-state index contributed by atoms with van der Waals surface area (Å²) in [6.45, 7) is 7.44. The van der Waals surface area contributed by atoms with Gasteiger partial charge in [0, 0.05) is 28.4 Å². The van der Waals surface area contributed by atoms with Crippen LogP contribution in [0.4, 0.5) is 0 Å². The number of hydrogen-bond acceptors (Lipinski definition) is 4. The van der Waals surface area contributed by atoms with Crippen LogP contribution in [-0.2, 0) is 6.54 Å². The summed E-state index contributed by atoms with van der Waals surface area (Å²) in [6.07, 6.45) is 0. The van der Waals surface area contributed by atoms with Crippen LogP contribution in [0.15, 0.2) is 29.6 Å². The van der Waals surface area contributed by atoms with Crippen LogP contribution in [0.2, 0.25) is 4.34 Å². The molecule has 20 heavy (non-hydrogen) atoms. The van der Waals surface area contributed by atoms with E-state index in [1.54, 1.807) is 22.7 Å². The highest BCUT2D eigenvalue weighted by Crippen LogP contribution is 2.34. The summed E-state index contributed by atoms with van der Waals surface area (Å²) in [4.78, 5) is 5.07. The standard InChI is InChI=1S/C15H21ClN2S2/c1-10(2)18(9-12-5-4-8-19-12)15(11(3)17)13-6-7-14(16)20-13/h4-8,10-11,15H,9,17H2,1-3H3. The first kappa shape index (κ1) is 16.0. The van der Waals surface area contributed by atoms with Crippen molar-refractivity contribution < 1.29 is 0 Å². The zero-order valence-electron chi connectivity index (χ0n) is 12.0. The van der Waals surface area contributed by atoms with Gasteiger partial charge >= 0.3 is 0 Å². The molecule has 0 fully saturated rings. The Balaban J connectivity index is 2.28. The predicted octanol–water partition coefficient (Wildman–Crippen LogP) is 4.76. The van der Waals surface area contributed by atoms with Gasteiger partial charge in [-0.2, -0.15) is 0 Å². The van der Waals surface area contributed by atoms with E-state index in [9.17, 15) is 0 Å². The molecule has 2 N–H and O–H groups in total. The third kappa shape index (κ3) is 3.83. The lowest BCUT2D eigenvalue weighted by Crippen LogP contribution is -2.42. The van der Waals surface area contributed by atoms with Gasteiger partial charge in [-0.1, -0.05) is 17.7 Å². The summed E-state index contributed by atoms with van der Waals surface area (Å²) >= 11 is 9.52. The van der Waals surface area contributed by atoms with Crippen LogP contribution < -0.4 is 5.73 Å². The van der Waals surface area contributed by atoms with Gasteiger partial charge in [-0.05, 0) is 44.4 Å². The van der Waals surface area contributed by atoms with Crippen molar-refractivity contribution in [3.63, 3.8) is 0 Å². The van der Waals surface area contributed by atoms with Gasteiger partial charge in [-0.15, -0.1) is 22.7 Å². The summed E-state index contributed by atoms with van der Waals surface area (Å²) in [5.41, 5.74) is 6.27. The molecule has 2 rings (SSSR count). The Morgan fingerprint density at radius 2 is 2.00 bits per heavy atom. The van der Waals surface area contributed by atoms with Crippen LogP contribution in [0.5, 0.6) is 0 Å². The topological polar surface area (TPSA) is 29.3 Å². The Kier molecular flexibility index (Phi) is 5.64. The molecule has 5 heteroatoms. The van der Waals surface area contributed by atoms with Gasteiger partial charge in [0.25, 0.3) is 0 Å². The summed E-state index contributed by atoms with van der Waals surface area (Å²) < 4.78 is 0.825. The minimum atomic E-state index is 0.0621. The van der Waals surface area contributed by atoms with Crippen LogP contribution >= 0.6 is 34.3 Å². The van der Waals surface area contributed by atoms with Crippen LogP contribution in [0.1, 0.15) is 36.6 Å². The maximum Gasteiger partial charge on any atom is 0.0931 e. The zero-order chi connectivity index (χ0) is 14.7. The van der Waals surface area contributed by atoms with Crippen LogP contribution in [-0.4, -0.2) is 17.0 Å². The number of nitrogens with zero attached hydrogens (tertiary/aromatic N) is 1. The molecule has 2 nitrogen and oxygen atoms in total. The highest BCUT2D eigenvalue weighted by molar-refractivity contribution is 7.16. The fraction of sp³-hybridized carbons (Fsp3) is 0.467. The number of rotatable bonds is 6. The van der Waals surface area contributed by atoms with Crippen molar-refractivity contribution in [1.82, 2.24) is 4.90 Å². The van der Waals surface area contributed by atoms with E-state index in [0.29, 0.717) is 6.04 Å². The molecule has 0 aliphatic heterocycles. The molecule has 0 saturated carbocycles. The van der Waals surface area contributed by atoms with E-state index in [-0.39, 0.29) is 12.1 Å². The molecule has 0 aromatic carbocycles. The molecule has 0 amide bonds. The van der Waals surface area contributed by atoms with Gasteiger partial charge in [0.1, 0.15) is 0 Å². The van der Waals surface area contributed by atoms with E-state index in [4.69, 9.17) is 17.3 Å². The first-order valence-electron chi connectivity index (χ1n) is 6.78. The second-order valence-electron chi connectivity index (χ2n) is 5.29. The zero-order valence-corrected chi connectivity index (χ0v) is 14.4. The molecule has 0 aliphatic rings. The number of halogens is 1. The van der Waals surface area contributed by atoms with Gasteiger partial charge < -0.3 is 5.73 Å². The molecule has 2 aromatic rings. The average molecular weight is 329 g/mol.